The molecule has 1 fully saturated rings. The maximum atomic E-state index is 13.2. The second kappa shape index (κ2) is 8.08. The molecule has 0 aromatic heterocycles. The first-order valence-corrected chi connectivity index (χ1v) is 11.0. The van der Waals surface area contributed by atoms with Crippen LogP contribution in [0.5, 0.6) is 0 Å². The molecule has 6 heteroatoms. The lowest BCUT2D eigenvalue weighted by Gasteiger charge is -2.25. The van der Waals surface area contributed by atoms with Crippen LogP contribution in [0.2, 0.25) is 0 Å². The Bertz CT molecular complexity index is 1090. The third kappa shape index (κ3) is 4.27. The first kappa shape index (κ1) is 22.1. The Morgan fingerprint density at radius 2 is 1.72 bits per heavy atom. The van der Waals surface area contributed by atoms with Crippen molar-refractivity contribution in [1.82, 2.24) is 9.80 Å². The first-order chi connectivity index (χ1) is 15.0. The van der Waals surface area contributed by atoms with Crippen LogP contribution in [0.25, 0.3) is 11.1 Å². The SMILES string of the molecule is CC(=O)c1cccc(-c2ccc3c(c2)C(=O)N(C)CC2CN(C(=O)OC(C)(C)C)CC32)c1. The van der Waals surface area contributed by atoms with E-state index in [2.05, 4.69) is 0 Å². The van der Waals surface area contributed by atoms with E-state index in [0.29, 0.717) is 30.8 Å². The third-order valence-electron chi connectivity index (χ3n) is 6.23. The van der Waals surface area contributed by atoms with Gasteiger partial charge in [0.1, 0.15) is 5.60 Å². The fraction of sp³-hybridized carbons (Fsp3) is 0.423. The lowest BCUT2D eigenvalue weighted by atomic mass is 9.86. The Balaban J connectivity index is 1.69. The van der Waals surface area contributed by atoms with Crippen molar-refractivity contribution in [2.75, 3.05) is 26.7 Å². The van der Waals surface area contributed by atoms with E-state index in [1.165, 1.54) is 0 Å². The van der Waals surface area contributed by atoms with Crippen LogP contribution in [0, 0.1) is 5.92 Å². The Morgan fingerprint density at radius 3 is 2.41 bits per heavy atom. The summed E-state index contributed by atoms with van der Waals surface area (Å²) in [6, 6.07) is 13.4. The van der Waals surface area contributed by atoms with Crippen molar-refractivity contribution in [1.29, 1.82) is 0 Å². The molecule has 1 saturated heterocycles. The van der Waals surface area contributed by atoms with Gasteiger partial charge in [-0.05, 0) is 56.5 Å². The summed E-state index contributed by atoms with van der Waals surface area (Å²) in [6.45, 7) is 8.83. The monoisotopic (exact) mass is 434 g/mol. The van der Waals surface area contributed by atoms with Gasteiger partial charge in [-0.3, -0.25) is 9.59 Å². The Morgan fingerprint density at radius 1 is 1.00 bits per heavy atom. The molecule has 4 rings (SSSR count). The van der Waals surface area contributed by atoms with Gasteiger partial charge in [-0.1, -0.05) is 30.3 Å². The van der Waals surface area contributed by atoms with Crippen molar-refractivity contribution in [2.24, 2.45) is 5.92 Å². The second-order valence-electron chi connectivity index (χ2n) is 9.88. The van der Waals surface area contributed by atoms with E-state index in [1.807, 2.05) is 64.2 Å². The Kier molecular flexibility index (Phi) is 5.57. The number of carbonyl (C=O) groups is 3. The van der Waals surface area contributed by atoms with Gasteiger partial charge in [0.25, 0.3) is 5.91 Å². The summed E-state index contributed by atoms with van der Waals surface area (Å²) in [5.41, 5.74) is 3.53. The number of rotatable bonds is 2. The number of ketones is 1. The maximum Gasteiger partial charge on any atom is 0.410 e. The van der Waals surface area contributed by atoms with Crippen molar-refractivity contribution >= 4 is 17.8 Å². The van der Waals surface area contributed by atoms with Gasteiger partial charge >= 0.3 is 6.09 Å². The lowest BCUT2D eigenvalue weighted by molar-refractivity contribution is 0.0284. The second-order valence-corrected chi connectivity index (χ2v) is 9.88. The topological polar surface area (TPSA) is 66.9 Å². The highest BCUT2D eigenvalue weighted by molar-refractivity contribution is 5.98. The number of hydrogen-bond acceptors (Lipinski definition) is 4. The molecular weight excluding hydrogens is 404 g/mol. The van der Waals surface area contributed by atoms with E-state index in [9.17, 15) is 14.4 Å². The summed E-state index contributed by atoms with van der Waals surface area (Å²) >= 11 is 0. The van der Waals surface area contributed by atoms with Gasteiger partial charge in [-0.25, -0.2) is 4.79 Å². The average molecular weight is 435 g/mol. The van der Waals surface area contributed by atoms with E-state index < -0.39 is 5.60 Å². The van der Waals surface area contributed by atoms with Gasteiger partial charge in [0.05, 0.1) is 0 Å². The molecule has 2 amide bonds. The van der Waals surface area contributed by atoms with E-state index in [0.717, 1.165) is 16.7 Å². The number of amides is 2. The molecule has 2 aliphatic rings. The number of ether oxygens (including phenoxy) is 1. The van der Waals surface area contributed by atoms with Crippen molar-refractivity contribution in [2.45, 2.75) is 39.2 Å². The first-order valence-electron chi connectivity index (χ1n) is 11.0. The number of carbonyl (C=O) groups excluding carboxylic acids is 3. The molecule has 6 nitrogen and oxygen atoms in total. The summed E-state index contributed by atoms with van der Waals surface area (Å²) in [7, 11) is 1.81. The minimum atomic E-state index is -0.546. The summed E-state index contributed by atoms with van der Waals surface area (Å²) in [5, 5.41) is 0. The quantitative estimate of drug-likeness (QED) is 0.649. The van der Waals surface area contributed by atoms with Crippen LogP contribution in [0.15, 0.2) is 42.5 Å². The van der Waals surface area contributed by atoms with Crippen LogP contribution in [0.1, 0.15) is 59.9 Å². The van der Waals surface area contributed by atoms with E-state index in [-0.39, 0.29) is 29.6 Å². The minimum absolute atomic E-state index is 0.00783. The molecule has 2 aliphatic heterocycles. The van der Waals surface area contributed by atoms with E-state index in [4.69, 9.17) is 4.74 Å². The number of likely N-dealkylation sites (tertiary alicyclic amines) is 1. The van der Waals surface area contributed by atoms with Crippen molar-refractivity contribution in [3.63, 3.8) is 0 Å². The molecule has 0 N–H and O–H groups in total. The number of hydrogen-bond donors (Lipinski definition) is 0. The van der Waals surface area contributed by atoms with Gasteiger partial charge < -0.3 is 14.5 Å². The van der Waals surface area contributed by atoms with Crippen LogP contribution in [-0.4, -0.2) is 59.9 Å². The van der Waals surface area contributed by atoms with Crippen LogP contribution in [0.4, 0.5) is 4.79 Å². The lowest BCUT2D eigenvalue weighted by Crippen LogP contribution is -2.37. The zero-order chi connectivity index (χ0) is 23.2. The van der Waals surface area contributed by atoms with Gasteiger partial charge in [0.2, 0.25) is 0 Å². The normalized spacial score (nSPS) is 20.5. The van der Waals surface area contributed by atoms with Crippen LogP contribution >= 0.6 is 0 Å². The molecule has 2 aromatic rings. The van der Waals surface area contributed by atoms with Gasteiger partial charge in [0, 0.05) is 49.6 Å². The molecule has 0 aliphatic carbocycles. The number of Topliss-reactive ketones (excluding diaryl/α,β-unsaturated/α-hetero) is 1. The van der Waals surface area contributed by atoms with Gasteiger partial charge in [0.15, 0.2) is 5.78 Å². The highest BCUT2D eigenvalue weighted by Crippen LogP contribution is 2.39. The summed E-state index contributed by atoms with van der Waals surface area (Å²) < 4.78 is 5.58. The minimum Gasteiger partial charge on any atom is -0.444 e. The molecule has 168 valence electrons. The molecule has 0 saturated carbocycles. The molecule has 32 heavy (non-hydrogen) atoms. The van der Waals surface area contributed by atoms with Crippen LogP contribution in [0.3, 0.4) is 0 Å². The van der Waals surface area contributed by atoms with Crippen molar-refractivity contribution in [3.8, 4) is 11.1 Å². The third-order valence-corrected chi connectivity index (χ3v) is 6.23. The predicted molar refractivity (Wildman–Crippen MR) is 123 cm³/mol. The van der Waals surface area contributed by atoms with Crippen molar-refractivity contribution < 1.29 is 19.1 Å². The molecule has 2 heterocycles. The molecular formula is C26H30N2O4. The zero-order valence-electron chi connectivity index (χ0n) is 19.3. The molecule has 2 aromatic carbocycles. The molecule has 0 spiro atoms. The molecule has 0 bridgehead atoms. The largest absolute Gasteiger partial charge is 0.444 e. The maximum absolute atomic E-state index is 13.2. The summed E-state index contributed by atoms with van der Waals surface area (Å²) in [5.74, 6) is 0.227. The van der Waals surface area contributed by atoms with Gasteiger partial charge in [-0.2, -0.15) is 0 Å². The highest BCUT2D eigenvalue weighted by atomic mass is 16.6. The average Bonchev–Trinajstić information content (AvgIpc) is 3.11. The number of benzene rings is 2. The smallest absolute Gasteiger partial charge is 0.410 e. The fourth-order valence-corrected chi connectivity index (χ4v) is 4.69. The van der Waals surface area contributed by atoms with Gasteiger partial charge in [-0.15, -0.1) is 0 Å². The van der Waals surface area contributed by atoms with Crippen LogP contribution < -0.4 is 0 Å². The van der Waals surface area contributed by atoms with Crippen LogP contribution in [-0.2, 0) is 4.74 Å². The zero-order valence-corrected chi connectivity index (χ0v) is 19.3. The summed E-state index contributed by atoms with van der Waals surface area (Å²) in [4.78, 5) is 41.2. The predicted octanol–water partition coefficient (Wildman–Crippen LogP) is 4.59. The Labute approximate surface area is 189 Å². The highest BCUT2D eigenvalue weighted by Gasteiger charge is 2.42. The molecule has 2 atom stereocenters. The Hall–Kier alpha value is -3.15. The molecule has 2 unspecified atom stereocenters. The van der Waals surface area contributed by atoms with E-state index in [1.54, 1.807) is 22.8 Å². The van der Waals surface area contributed by atoms with E-state index >= 15 is 0 Å². The number of fused-ring (bicyclic) bond motifs is 3. The number of nitrogens with zero attached hydrogens (tertiary/aromatic N) is 2. The summed E-state index contributed by atoms with van der Waals surface area (Å²) in [6.07, 6.45) is -0.307. The standard InChI is InChI=1S/C26H30N2O4/c1-16(29)17-7-6-8-18(11-17)19-9-10-21-22(12-19)24(30)27(5)13-20-14-28(15-23(20)21)25(31)32-26(2,3)4/h6-12,20,23H,13-15H2,1-5H3. The molecule has 0 radical (unpaired) electrons. The van der Waals surface area contributed by atoms with Crippen molar-refractivity contribution in [3.05, 3.63) is 59.2 Å². The fourth-order valence-electron chi connectivity index (χ4n) is 4.69.